The lowest BCUT2D eigenvalue weighted by atomic mass is 10.1. The summed E-state index contributed by atoms with van der Waals surface area (Å²) in [7, 11) is 0. The van der Waals surface area contributed by atoms with Gasteiger partial charge in [0.05, 0.1) is 22.5 Å². The van der Waals surface area contributed by atoms with Crippen LogP contribution < -0.4 is 5.32 Å². The zero-order chi connectivity index (χ0) is 18.7. The van der Waals surface area contributed by atoms with Crippen molar-refractivity contribution in [2.75, 3.05) is 5.32 Å². The summed E-state index contributed by atoms with van der Waals surface area (Å²) in [5.74, 6) is -0.143. The molecule has 0 aliphatic carbocycles. The summed E-state index contributed by atoms with van der Waals surface area (Å²) < 4.78 is 1.85. The fraction of sp³-hybridized carbons (Fsp3) is 0.286. The largest absolute Gasteiger partial charge is 0.322 e. The lowest BCUT2D eigenvalue weighted by Gasteiger charge is -2.18. The maximum atomic E-state index is 12.8. The molecular formula is C21H24N4O. The highest BCUT2D eigenvalue weighted by Crippen LogP contribution is 2.22. The number of carbonyl (C=O) groups excluding carboxylic acids is 1. The van der Waals surface area contributed by atoms with E-state index < -0.39 is 0 Å². The van der Waals surface area contributed by atoms with Crippen molar-refractivity contribution in [3.63, 3.8) is 0 Å². The Kier molecular flexibility index (Phi) is 4.89. The monoisotopic (exact) mass is 348 g/mol. The van der Waals surface area contributed by atoms with Crippen LogP contribution in [0, 0.1) is 0 Å². The maximum Gasteiger partial charge on any atom is 0.259 e. The fourth-order valence-electron chi connectivity index (χ4n) is 2.69. The molecule has 1 N–H and O–H groups in total. The van der Waals surface area contributed by atoms with Crippen LogP contribution in [0.25, 0.3) is 11.3 Å². The number of aryl methyl sites for hydroxylation is 1. The van der Waals surface area contributed by atoms with E-state index in [1.54, 1.807) is 6.20 Å². The van der Waals surface area contributed by atoms with Crippen LogP contribution in [0.5, 0.6) is 0 Å². The number of aromatic nitrogens is 3. The number of benzene rings is 1. The molecule has 0 aliphatic rings. The molecule has 1 amide bonds. The fourth-order valence-corrected chi connectivity index (χ4v) is 2.69. The highest BCUT2D eigenvalue weighted by molar-refractivity contribution is 6.05. The lowest BCUT2D eigenvalue weighted by molar-refractivity contribution is 0.102. The summed E-state index contributed by atoms with van der Waals surface area (Å²) in [6, 6.07) is 13.5. The molecule has 0 atom stereocenters. The van der Waals surface area contributed by atoms with Crippen molar-refractivity contribution in [1.82, 2.24) is 14.8 Å². The number of rotatable bonds is 4. The molecule has 0 aliphatic heterocycles. The van der Waals surface area contributed by atoms with Crippen LogP contribution in [0.15, 0.2) is 54.9 Å². The SMILES string of the molecule is CCc1nn(C(C)(C)C)cc1C(=O)Nc1cccc(-c2ccccn2)c1. The third kappa shape index (κ3) is 3.82. The highest BCUT2D eigenvalue weighted by Gasteiger charge is 2.21. The first-order chi connectivity index (χ1) is 12.4. The molecule has 0 saturated heterocycles. The highest BCUT2D eigenvalue weighted by atomic mass is 16.1. The summed E-state index contributed by atoms with van der Waals surface area (Å²) in [5.41, 5.74) is 3.83. The van der Waals surface area contributed by atoms with Crippen molar-refractivity contribution < 1.29 is 4.79 Å². The second kappa shape index (κ2) is 7.12. The van der Waals surface area contributed by atoms with Crippen LogP contribution in [0.1, 0.15) is 43.7 Å². The van der Waals surface area contributed by atoms with Gasteiger partial charge in [0.2, 0.25) is 0 Å². The topological polar surface area (TPSA) is 59.8 Å². The lowest BCUT2D eigenvalue weighted by Crippen LogP contribution is -2.22. The first kappa shape index (κ1) is 17.9. The van der Waals surface area contributed by atoms with Crippen LogP contribution in [-0.2, 0) is 12.0 Å². The Morgan fingerprint density at radius 1 is 1.15 bits per heavy atom. The van der Waals surface area contributed by atoms with E-state index >= 15 is 0 Å². The average Bonchev–Trinajstić information content (AvgIpc) is 3.08. The second-order valence-corrected chi connectivity index (χ2v) is 7.21. The molecule has 1 aromatic carbocycles. The van der Waals surface area contributed by atoms with Gasteiger partial charge in [0.15, 0.2) is 0 Å². The van der Waals surface area contributed by atoms with Crippen LogP contribution in [0.2, 0.25) is 0 Å². The molecule has 2 heterocycles. The Balaban J connectivity index is 1.86. The van der Waals surface area contributed by atoms with Crippen LogP contribution >= 0.6 is 0 Å². The zero-order valence-electron chi connectivity index (χ0n) is 15.7. The van der Waals surface area contributed by atoms with Gasteiger partial charge < -0.3 is 5.32 Å². The Morgan fingerprint density at radius 3 is 2.62 bits per heavy atom. The van der Waals surface area contributed by atoms with E-state index in [4.69, 9.17) is 0 Å². The number of carbonyl (C=O) groups is 1. The molecule has 3 rings (SSSR count). The number of amides is 1. The molecule has 0 saturated carbocycles. The summed E-state index contributed by atoms with van der Waals surface area (Å²) in [4.78, 5) is 17.2. The Hall–Kier alpha value is -2.95. The first-order valence-corrected chi connectivity index (χ1v) is 8.80. The van der Waals surface area contributed by atoms with Crippen molar-refractivity contribution in [2.45, 2.75) is 39.7 Å². The van der Waals surface area contributed by atoms with Crippen molar-refractivity contribution in [2.24, 2.45) is 0 Å². The molecule has 0 radical (unpaired) electrons. The number of nitrogens with zero attached hydrogens (tertiary/aromatic N) is 3. The molecule has 5 nitrogen and oxygen atoms in total. The van der Waals surface area contributed by atoms with Gasteiger partial charge in [-0.3, -0.25) is 14.5 Å². The quantitative estimate of drug-likeness (QED) is 0.754. The minimum absolute atomic E-state index is 0.143. The van der Waals surface area contributed by atoms with E-state index in [1.807, 2.05) is 60.3 Å². The van der Waals surface area contributed by atoms with Crippen LogP contribution in [-0.4, -0.2) is 20.7 Å². The van der Waals surface area contributed by atoms with E-state index in [0.717, 1.165) is 22.6 Å². The van der Waals surface area contributed by atoms with Crippen LogP contribution in [0.3, 0.4) is 0 Å². The second-order valence-electron chi connectivity index (χ2n) is 7.21. The summed E-state index contributed by atoms with van der Waals surface area (Å²) in [5, 5.41) is 7.56. The number of nitrogens with one attached hydrogen (secondary N) is 1. The Bertz CT molecular complexity index is 907. The zero-order valence-corrected chi connectivity index (χ0v) is 15.7. The summed E-state index contributed by atoms with van der Waals surface area (Å²) in [6.07, 6.45) is 4.30. The third-order valence-electron chi connectivity index (χ3n) is 4.14. The van der Waals surface area contributed by atoms with Crippen molar-refractivity contribution in [3.05, 3.63) is 66.1 Å². The maximum absolute atomic E-state index is 12.8. The van der Waals surface area contributed by atoms with Gasteiger partial charge in [0, 0.05) is 23.6 Å². The summed E-state index contributed by atoms with van der Waals surface area (Å²) >= 11 is 0. The summed E-state index contributed by atoms with van der Waals surface area (Å²) in [6.45, 7) is 8.21. The molecule has 2 aromatic heterocycles. The predicted octanol–water partition coefficient (Wildman–Crippen LogP) is 4.51. The van der Waals surface area contributed by atoms with Gasteiger partial charge in [-0.2, -0.15) is 5.10 Å². The molecule has 3 aromatic rings. The van der Waals surface area contributed by atoms with Gasteiger partial charge in [0.25, 0.3) is 5.91 Å². The van der Waals surface area contributed by atoms with E-state index in [1.165, 1.54) is 0 Å². The number of hydrogen-bond donors (Lipinski definition) is 1. The molecule has 0 spiro atoms. The molecular weight excluding hydrogens is 324 g/mol. The van der Waals surface area contributed by atoms with Crippen LogP contribution in [0.4, 0.5) is 5.69 Å². The molecule has 0 fully saturated rings. The molecule has 0 unspecified atom stereocenters. The standard InChI is InChI=1S/C21H24N4O/c1-5-18-17(14-25(24-18)21(2,3)4)20(26)23-16-10-8-9-15(13-16)19-11-6-7-12-22-19/h6-14H,5H2,1-4H3,(H,23,26). The number of anilines is 1. The predicted molar refractivity (Wildman–Crippen MR) is 104 cm³/mol. The van der Waals surface area contributed by atoms with Gasteiger partial charge in [0.1, 0.15) is 0 Å². The van der Waals surface area contributed by atoms with Crippen molar-refractivity contribution in [3.8, 4) is 11.3 Å². The van der Waals surface area contributed by atoms with Gasteiger partial charge in [-0.25, -0.2) is 0 Å². The Labute approximate surface area is 154 Å². The minimum atomic E-state index is -0.165. The molecule has 0 bridgehead atoms. The normalized spacial score (nSPS) is 11.4. The van der Waals surface area contributed by atoms with E-state index in [2.05, 4.69) is 36.2 Å². The molecule has 134 valence electrons. The van der Waals surface area contributed by atoms with E-state index in [9.17, 15) is 4.79 Å². The van der Waals surface area contributed by atoms with E-state index in [-0.39, 0.29) is 11.4 Å². The van der Waals surface area contributed by atoms with Gasteiger partial charge in [-0.1, -0.05) is 25.1 Å². The van der Waals surface area contributed by atoms with Crippen molar-refractivity contribution in [1.29, 1.82) is 0 Å². The Morgan fingerprint density at radius 2 is 1.96 bits per heavy atom. The first-order valence-electron chi connectivity index (χ1n) is 8.80. The molecule has 26 heavy (non-hydrogen) atoms. The smallest absolute Gasteiger partial charge is 0.259 e. The van der Waals surface area contributed by atoms with Gasteiger partial charge >= 0.3 is 0 Å². The third-order valence-corrected chi connectivity index (χ3v) is 4.14. The average molecular weight is 348 g/mol. The molecule has 5 heteroatoms. The van der Waals surface area contributed by atoms with Crippen molar-refractivity contribution >= 4 is 11.6 Å². The number of pyridine rings is 1. The van der Waals surface area contributed by atoms with E-state index in [0.29, 0.717) is 12.0 Å². The van der Waals surface area contributed by atoms with Gasteiger partial charge in [-0.15, -0.1) is 0 Å². The number of hydrogen-bond acceptors (Lipinski definition) is 3. The minimum Gasteiger partial charge on any atom is -0.322 e. The van der Waals surface area contributed by atoms with Gasteiger partial charge in [-0.05, 0) is 51.5 Å².